The first-order valence-corrected chi connectivity index (χ1v) is 8.06. The molecule has 0 aromatic rings. The van der Waals surface area contributed by atoms with Gasteiger partial charge in [-0.1, -0.05) is 19.1 Å². The maximum absolute atomic E-state index is 12.5. The Morgan fingerprint density at radius 1 is 1.21 bits per heavy atom. The number of allylic oxidation sites excluding steroid dienone is 2. The van der Waals surface area contributed by atoms with E-state index in [9.17, 15) is 4.79 Å². The number of carbonyl (C=O) groups is 1. The summed E-state index contributed by atoms with van der Waals surface area (Å²) in [6.07, 6.45) is 9.63. The summed E-state index contributed by atoms with van der Waals surface area (Å²) in [6, 6.07) is 0. The second-order valence-electron chi connectivity index (χ2n) is 7.14. The molecule has 0 amide bonds. The topological polar surface area (TPSA) is 26.3 Å². The molecule has 0 heterocycles. The molecule has 4 rings (SSSR count). The smallest absolute Gasteiger partial charge is 0.312 e. The van der Waals surface area contributed by atoms with Crippen molar-refractivity contribution < 1.29 is 9.53 Å². The molecule has 7 unspecified atom stereocenters. The van der Waals surface area contributed by atoms with Crippen molar-refractivity contribution in [2.24, 2.45) is 40.9 Å². The fourth-order valence-corrected chi connectivity index (χ4v) is 6.26. The molecule has 2 nitrogen and oxygen atoms in total. The molecule has 0 aromatic carbocycles. The highest BCUT2D eigenvalue weighted by molar-refractivity contribution is 5.78. The first kappa shape index (κ1) is 12.0. The molecule has 4 aliphatic carbocycles. The Bertz CT molecular complexity index is 441. The number of esters is 1. The monoisotopic (exact) mass is 260 g/mol. The largest absolute Gasteiger partial charge is 0.466 e. The fourth-order valence-electron chi connectivity index (χ4n) is 6.26. The molecule has 7 atom stereocenters. The standard InChI is InChI=1S/C17H24O2/c1-3-17(16(18)19-4-2)9-12-8-13(17)15-11-6-5-10(7-11)14(12)15/h5-6,10-15H,3-4,7-9H2,1-2H3. The zero-order valence-electron chi connectivity index (χ0n) is 12.0. The molecular weight excluding hydrogens is 236 g/mol. The van der Waals surface area contributed by atoms with Gasteiger partial charge in [0.25, 0.3) is 0 Å². The number of hydrogen-bond acceptors (Lipinski definition) is 2. The molecule has 0 aliphatic heterocycles. The van der Waals surface area contributed by atoms with Gasteiger partial charge in [0.05, 0.1) is 12.0 Å². The fraction of sp³-hybridized carbons (Fsp3) is 0.824. The second kappa shape index (κ2) is 3.86. The number of carbonyl (C=O) groups excluding carboxylic acids is 1. The molecule has 4 bridgehead atoms. The predicted molar refractivity (Wildman–Crippen MR) is 73.3 cm³/mol. The van der Waals surface area contributed by atoms with Crippen molar-refractivity contribution in [2.75, 3.05) is 6.61 Å². The first-order valence-electron chi connectivity index (χ1n) is 8.06. The molecule has 19 heavy (non-hydrogen) atoms. The van der Waals surface area contributed by atoms with Gasteiger partial charge in [-0.15, -0.1) is 0 Å². The Morgan fingerprint density at radius 2 is 1.95 bits per heavy atom. The third-order valence-corrected chi connectivity index (χ3v) is 6.80. The van der Waals surface area contributed by atoms with Crippen LogP contribution in [0, 0.1) is 40.9 Å². The molecule has 4 aliphatic rings. The Morgan fingerprint density at radius 3 is 2.63 bits per heavy atom. The van der Waals surface area contributed by atoms with Gasteiger partial charge in [-0.3, -0.25) is 4.79 Å². The van der Waals surface area contributed by atoms with Crippen molar-refractivity contribution in [1.82, 2.24) is 0 Å². The Kier molecular flexibility index (Phi) is 2.44. The van der Waals surface area contributed by atoms with Crippen LogP contribution in [0.1, 0.15) is 39.5 Å². The average molecular weight is 260 g/mol. The Labute approximate surface area is 115 Å². The summed E-state index contributed by atoms with van der Waals surface area (Å²) in [5.41, 5.74) is -0.139. The lowest BCUT2D eigenvalue weighted by molar-refractivity contribution is -0.162. The van der Waals surface area contributed by atoms with E-state index in [0.717, 1.165) is 42.4 Å². The lowest BCUT2D eigenvalue weighted by atomic mass is 9.61. The molecule has 104 valence electrons. The summed E-state index contributed by atoms with van der Waals surface area (Å²) in [5, 5.41) is 0. The summed E-state index contributed by atoms with van der Waals surface area (Å²) in [5.74, 6) is 4.79. The van der Waals surface area contributed by atoms with Crippen LogP contribution in [0.5, 0.6) is 0 Å². The van der Waals surface area contributed by atoms with Gasteiger partial charge in [0.1, 0.15) is 0 Å². The van der Waals surface area contributed by atoms with E-state index in [-0.39, 0.29) is 11.4 Å². The molecule has 0 spiro atoms. The number of rotatable bonds is 3. The minimum absolute atomic E-state index is 0.107. The number of fused-ring (bicyclic) bond motifs is 9. The van der Waals surface area contributed by atoms with Gasteiger partial charge >= 0.3 is 5.97 Å². The summed E-state index contributed by atoms with van der Waals surface area (Å²) < 4.78 is 5.44. The second-order valence-corrected chi connectivity index (χ2v) is 7.14. The van der Waals surface area contributed by atoms with Crippen LogP contribution in [-0.2, 0) is 9.53 Å². The SMILES string of the molecule is CCOC(=O)C1(CC)CC2CC1C1C3C=CC(C3)C21. The molecule has 0 aromatic heterocycles. The normalized spacial score (nSPS) is 52.7. The van der Waals surface area contributed by atoms with Crippen LogP contribution in [0.15, 0.2) is 12.2 Å². The third kappa shape index (κ3) is 1.31. The van der Waals surface area contributed by atoms with E-state index >= 15 is 0 Å². The lowest BCUT2D eigenvalue weighted by Gasteiger charge is -2.43. The van der Waals surface area contributed by atoms with Crippen molar-refractivity contribution in [3.05, 3.63) is 12.2 Å². The van der Waals surface area contributed by atoms with Crippen LogP contribution in [0.25, 0.3) is 0 Å². The van der Waals surface area contributed by atoms with E-state index < -0.39 is 0 Å². The van der Waals surface area contributed by atoms with E-state index in [1.165, 1.54) is 12.8 Å². The van der Waals surface area contributed by atoms with Gasteiger partial charge in [-0.05, 0) is 68.1 Å². The van der Waals surface area contributed by atoms with Gasteiger partial charge in [-0.2, -0.15) is 0 Å². The summed E-state index contributed by atoms with van der Waals surface area (Å²) >= 11 is 0. The van der Waals surface area contributed by atoms with Gasteiger partial charge < -0.3 is 4.74 Å². The van der Waals surface area contributed by atoms with Crippen molar-refractivity contribution >= 4 is 5.97 Å². The van der Waals surface area contributed by atoms with E-state index in [1.807, 2.05) is 6.92 Å². The molecule has 0 saturated heterocycles. The minimum atomic E-state index is -0.139. The zero-order valence-corrected chi connectivity index (χ0v) is 12.0. The molecule has 2 heteroatoms. The predicted octanol–water partition coefficient (Wildman–Crippen LogP) is 3.42. The minimum Gasteiger partial charge on any atom is -0.466 e. The van der Waals surface area contributed by atoms with Gasteiger partial charge in [0, 0.05) is 0 Å². The highest BCUT2D eigenvalue weighted by Gasteiger charge is 2.67. The Balaban J connectivity index is 1.67. The summed E-state index contributed by atoms with van der Waals surface area (Å²) in [4.78, 5) is 12.5. The van der Waals surface area contributed by atoms with E-state index in [4.69, 9.17) is 4.74 Å². The molecule has 0 radical (unpaired) electrons. The Hall–Kier alpha value is -0.790. The van der Waals surface area contributed by atoms with Crippen molar-refractivity contribution in [3.8, 4) is 0 Å². The maximum Gasteiger partial charge on any atom is 0.312 e. The van der Waals surface area contributed by atoms with E-state index in [0.29, 0.717) is 12.5 Å². The third-order valence-electron chi connectivity index (χ3n) is 6.80. The lowest BCUT2D eigenvalue weighted by Crippen LogP contribution is -2.44. The van der Waals surface area contributed by atoms with E-state index in [1.54, 1.807) is 0 Å². The molecule has 0 N–H and O–H groups in total. The average Bonchev–Trinajstić information content (AvgIpc) is 3.15. The first-order chi connectivity index (χ1) is 9.21. The van der Waals surface area contributed by atoms with Crippen molar-refractivity contribution in [3.63, 3.8) is 0 Å². The van der Waals surface area contributed by atoms with Crippen LogP contribution in [0.4, 0.5) is 0 Å². The quantitative estimate of drug-likeness (QED) is 0.441. The van der Waals surface area contributed by atoms with Crippen molar-refractivity contribution in [1.29, 1.82) is 0 Å². The molecule has 3 fully saturated rings. The van der Waals surface area contributed by atoms with Crippen molar-refractivity contribution in [2.45, 2.75) is 39.5 Å². The highest BCUT2D eigenvalue weighted by atomic mass is 16.5. The van der Waals surface area contributed by atoms with Crippen LogP contribution in [0.3, 0.4) is 0 Å². The molecule has 3 saturated carbocycles. The van der Waals surface area contributed by atoms with E-state index in [2.05, 4.69) is 19.1 Å². The molecular formula is C17H24O2. The van der Waals surface area contributed by atoms with Gasteiger partial charge in [-0.25, -0.2) is 0 Å². The maximum atomic E-state index is 12.5. The number of ether oxygens (including phenoxy) is 1. The van der Waals surface area contributed by atoms with Crippen LogP contribution < -0.4 is 0 Å². The number of hydrogen-bond donors (Lipinski definition) is 0. The summed E-state index contributed by atoms with van der Waals surface area (Å²) in [6.45, 7) is 4.64. The van der Waals surface area contributed by atoms with Crippen LogP contribution >= 0.6 is 0 Å². The summed E-state index contributed by atoms with van der Waals surface area (Å²) in [7, 11) is 0. The van der Waals surface area contributed by atoms with Crippen LogP contribution in [0.2, 0.25) is 0 Å². The van der Waals surface area contributed by atoms with Gasteiger partial charge in [0.15, 0.2) is 0 Å². The highest BCUT2D eigenvalue weighted by Crippen LogP contribution is 2.71. The van der Waals surface area contributed by atoms with Gasteiger partial charge in [0.2, 0.25) is 0 Å². The van der Waals surface area contributed by atoms with Crippen LogP contribution in [-0.4, -0.2) is 12.6 Å². The zero-order chi connectivity index (χ0) is 13.2.